The number of benzene rings is 7. The Hall–Kier alpha value is -6.20. The highest BCUT2D eigenvalue weighted by Gasteiger charge is 2.35. The third-order valence-corrected chi connectivity index (χ3v) is 8.78. The zero-order valence-electron chi connectivity index (χ0n) is 24.9. The molecular weight excluding hydrogens is 554 g/mol. The van der Waals surface area contributed by atoms with Crippen LogP contribution in [0.15, 0.2) is 144 Å². The Balaban J connectivity index is 1.38. The van der Waals surface area contributed by atoms with Gasteiger partial charge in [0.2, 0.25) is 0 Å². The van der Waals surface area contributed by atoms with Crippen LogP contribution in [0.4, 0.5) is 11.6 Å². The van der Waals surface area contributed by atoms with Gasteiger partial charge in [0.05, 0.1) is 12.6 Å². The molecule has 0 fully saturated rings. The van der Waals surface area contributed by atoms with Crippen LogP contribution >= 0.6 is 0 Å². The number of hydrogen-bond donors (Lipinski definition) is 0. The van der Waals surface area contributed by atoms with Gasteiger partial charge in [-0.15, -0.1) is 5.06 Å². The predicted molar refractivity (Wildman–Crippen MR) is 182 cm³/mol. The summed E-state index contributed by atoms with van der Waals surface area (Å²) >= 11 is 0. The number of furan rings is 1. The van der Waals surface area contributed by atoms with E-state index in [0.717, 1.165) is 71.2 Å². The Bertz CT molecular complexity index is 2720. The smallest absolute Gasteiger partial charge is 0.265 e. The summed E-state index contributed by atoms with van der Waals surface area (Å²) in [5, 5.41) is 9.03. The van der Waals surface area contributed by atoms with Gasteiger partial charge in [0.15, 0.2) is 11.3 Å². The maximum atomic E-state index is 8.73. The van der Waals surface area contributed by atoms with E-state index >= 15 is 0 Å². The van der Waals surface area contributed by atoms with Crippen molar-refractivity contribution >= 4 is 66.0 Å². The molecule has 5 nitrogen and oxygen atoms in total. The summed E-state index contributed by atoms with van der Waals surface area (Å²) < 4.78 is 15.5. The van der Waals surface area contributed by atoms with Gasteiger partial charge in [-0.1, -0.05) is 121 Å². The van der Waals surface area contributed by atoms with E-state index in [1.54, 1.807) is 11.1 Å². The number of para-hydroxylation sites is 2. The monoisotopic (exact) mass is 578 g/mol. The zero-order valence-corrected chi connectivity index (χ0v) is 23.9. The number of aromatic nitrogens is 2. The molecule has 0 unspecified atom stereocenters. The van der Waals surface area contributed by atoms with Crippen molar-refractivity contribution in [2.45, 2.75) is 0 Å². The van der Waals surface area contributed by atoms with Gasteiger partial charge in [-0.05, 0) is 39.7 Å². The van der Waals surface area contributed by atoms with Crippen LogP contribution < -0.4 is 9.90 Å². The molecule has 0 spiro atoms. The maximum absolute atomic E-state index is 8.73. The molecule has 0 aliphatic carbocycles. The molecule has 0 saturated carbocycles. The molecule has 10 rings (SSSR count). The minimum atomic E-state index is 0.356. The molecule has 3 heterocycles. The minimum absolute atomic E-state index is 0.356. The highest BCUT2D eigenvalue weighted by molar-refractivity contribution is 6.29. The van der Waals surface area contributed by atoms with Crippen LogP contribution in [0.5, 0.6) is 5.75 Å². The van der Waals surface area contributed by atoms with Crippen molar-refractivity contribution in [3.63, 3.8) is 0 Å². The van der Waals surface area contributed by atoms with Crippen molar-refractivity contribution < 1.29 is 10.6 Å². The number of anilines is 2. The van der Waals surface area contributed by atoms with Gasteiger partial charge < -0.3 is 9.25 Å². The summed E-state index contributed by atoms with van der Waals surface area (Å²) in [6, 6.07) is 44.9. The van der Waals surface area contributed by atoms with E-state index in [4.69, 9.17) is 20.6 Å². The van der Waals surface area contributed by atoms with Crippen LogP contribution in [0.3, 0.4) is 0 Å². The molecule has 45 heavy (non-hydrogen) atoms. The molecule has 1 aliphatic rings. The molecule has 0 atom stereocenters. The molecule has 5 heteroatoms. The number of fused-ring (bicyclic) bond motifs is 13. The second kappa shape index (κ2) is 9.15. The maximum Gasteiger partial charge on any atom is 0.265 e. The molecule has 0 bridgehead atoms. The first kappa shape index (κ1) is 23.3. The Kier molecular flexibility index (Phi) is 4.73. The summed E-state index contributed by atoms with van der Waals surface area (Å²) in [6.45, 7) is 0. The normalized spacial score (nSPS) is 12.9. The zero-order chi connectivity index (χ0) is 30.4. The second-order valence-electron chi connectivity index (χ2n) is 11.3. The van der Waals surface area contributed by atoms with Gasteiger partial charge in [0.25, 0.3) is 5.95 Å². The van der Waals surface area contributed by atoms with Gasteiger partial charge in [0.1, 0.15) is 11.3 Å². The van der Waals surface area contributed by atoms with E-state index in [-0.39, 0.29) is 0 Å². The lowest BCUT2D eigenvalue weighted by molar-refractivity contribution is 0.315. The van der Waals surface area contributed by atoms with E-state index in [1.807, 2.05) is 66.7 Å². The van der Waals surface area contributed by atoms with Crippen molar-refractivity contribution in [2.24, 2.45) is 0 Å². The molecular formula is C40H23N3O2. The lowest BCUT2D eigenvalue weighted by Crippen LogP contribution is -2.28. The average Bonchev–Trinajstić information content (AvgIpc) is 3.51. The van der Waals surface area contributed by atoms with Crippen LogP contribution in [0.1, 0.15) is 1.37 Å². The summed E-state index contributed by atoms with van der Waals surface area (Å²) in [5.74, 6) is 1.06. The molecule has 9 aromatic rings. The van der Waals surface area contributed by atoms with Crippen LogP contribution in [0, 0.1) is 0 Å². The Morgan fingerprint density at radius 1 is 0.578 bits per heavy atom. The fraction of sp³-hybridized carbons (Fsp3) is 0. The van der Waals surface area contributed by atoms with Crippen molar-refractivity contribution in [3.8, 4) is 28.1 Å². The minimum Gasteiger partial charge on any atom is -0.454 e. The average molecular weight is 579 g/mol. The summed E-state index contributed by atoms with van der Waals surface area (Å²) in [7, 11) is 0. The first-order valence-corrected chi connectivity index (χ1v) is 14.9. The molecule has 7 aromatic carbocycles. The van der Waals surface area contributed by atoms with Crippen molar-refractivity contribution in [3.05, 3.63) is 140 Å². The van der Waals surface area contributed by atoms with Gasteiger partial charge in [0, 0.05) is 32.8 Å². The lowest BCUT2D eigenvalue weighted by Gasteiger charge is -2.32. The Morgan fingerprint density at radius 2 is 1.31 bits per heavy atom. The van der Waals surface area contributed by atoms with E-state index in [9.17, 15) is 0 Å². The van der Waals surface area contributed by atoms with Crippen LogP contribution in [0.25, 0.3) is 76.8 Å². The molecule has 0 N–H and O–H groups in total. The largest absolute Gasteiger partial charge is 0.454 e. The van der Waals surface area contributed by atoms with Gasteiger partial charge in [-0.25, -0.2) is 9.97 Å². The highest BCUT2D eigenvalue weighted by atomic mass is 16.7. The first-order valence-electron chi connectivity index (χ1n) is 15.4. The lowest BCUT2D eigenvalue weighted by atomic mass is 9.89. The fourth-order valence-electron chi connectivity index (χ4n) is 6.86. The number of hydrogen-bond acceptors (Lipinski definition) is 5. The first-order chi connectivity index (χ1) is 22.7. The van der Waals surface area contributed by atoms with Crippen LogP contribution in [0.2, 0.25) is 0 Å². The number of rotatable bonds is 2. The second-order valence-corrected chi connectivity index (χ2v) is 11.3. The third kappa shape index (κ3) is 3.43. The summed E-state index contributed by atoms with van der Waals surface area (Å²) in [6.07, 6.45) is 0. The Morgan fingerprint density at radius 3 is 2.20 bits per heavy atom. The van der Waals surface area contributed by atoms with E-state index in [1.165, 1.54) is 0 Å². The Labute approximate surface area is 258 Å². The molecule has 210 valence electrons. The van der Waals surface area contributed by atoms with Gasteiger partial charge in [-0.3, -0.25) is 0 Å². The van der Waals surface area contributed by atoms with E-state index in [0.29, 0.717) is 29.0 Å². The van der Waals surface area contributed by atoms with Crippen LogP contribution in [-0.4, -0.2) is 9.97 Å². The molecule has 1 aliphatic heterocycles. The van der Waals surface area contributed by atoms with E-state index in [2.05, 4.69) is 60.7 Å². The molecule has 0 amide bonds. The van der Waals surface area contributed by atoms with Gasteiger partial charge >= 0.3 is 0 Å². The number of nitrogens with zero attached hydrogens (tertiary/aromatic N) is 3. The SMILES string of the molecule is [2H]c1ccccc1-c1nc(N2Oc3ccc4ccccc4c3-c3c2c2oc4ccccc4c2c2ccccc32)nc2ccccc12. The van der Waals surface area contributed by atoms with Gasteiger partial charge in [-0.2, -0.15) is 0 Å². The van der Waals surface area contributed by atoms with E-state index < -0.39 is 0 Å². The molecule has 2 aromatic heterocycles. The standard InChI is InChI=1S/C40H23N3O2/c1-2-13-25(14-3-1)37-29-18-8-10-20-31(29)41-40(42-37)43-38-36(35-26-15-5-4-12-24(26)22-23-33(35)45-43)28-17-7-6-16-27(28)34-30-19-9-11-21-32(30)44-39(34)38/h1-23H/i13D. The third-order valence-electron chi connectivity index (χ3n) is 8.78. The topological polar surface area (TPSA) is 51.4 Å². The summed E-state index contributed by atoms with van der Waals surface area (Å²) in [5.41, 5.74) is 6.38. The van der Waals surface area contributed by atoms with Crippen molar-refractivity contribution in [2.75, 3.05) is 5.06 Å². The fourth-order valence-corrected chi connectivity index (χ4v) is 6.86. The molecule has 0 saturated heterocycles. The molecule has 0 radical (unpaired) electrons. The van der Waals surface area contributed by atoms with Crippen molar-refractivity contribution in [1.82, 2.24) is 9.97 Å². The summed E-state index contributed by atoms with van der Waals surface area (Å²) in [4.78, 5) is 17.1. The predicted octanol–water partition coefficient (Wildman–Crippen LogP) is 10.6. The quantitative estimate of drug-likeness (QED) is 0.204. The van der Waals surface area contributed by atoms with Crippen molar-refractivity contribution in [1.29, 1.82) is 0 Å². The van der Waals surface area contributed by atoms with Crippen LogP contribution in [-0.2, 0) is 0 Å². The highest BCUT2D eigenvalue weighted by Crippen LogP contribution is 2.55.